The molecule has 0 aliphatic rings. The predicted molar refractivity (Wildman–Crippen MR) is 94.3 cm³/mol. The quantitative estimate of drug-likeness (QED) is 0.482. The summed E-state index contributed by atoms with van der Waals surface area (Å²) in [7, 11) is 1.47. The van der Waals surface area contributed by atoms with Gasteiger partial charge in [-0.1, -0.05) is 25.4 Å². The molecule has 1 aromatic carbocycles. The summed E-state index contributed by atoms with van der Waals surface area (Å²) in [6.07, 6.45) is 1.47. The average molecular weight is 366 g/mol. The summed E-state index contributed by atoms with van der Waals surface area (Å²) in [6, 6.07) is 5.50. The van der Waals surface area contributed by atoms with Gasteiger partial charge in [-0.3, -0.25) is 4.79 Å². The van der Waals surface area contributed by atoms with Gasteiger partial charge in [0.05, 0.1) is 12.1 Å². The minimum atomic E-state index is -1.05. The Kier molecular flexibility index (Phi) is 7.76. The van der Waals surface area contributed by atoms with E-state index in [-0.39, 0.29) is 11.5 Å². The molecule has 1 amide bonds. The molecule has 0 aromatic heterocycles. The molecule has 0 bridgehead atoms. The van der Waals surface area contributed by atoms with Gasteiger partial charge in [0.15, 0.2) is 0 Å². The van der Waals surface area contributed by atoms with Gasteiger partial charge >= 0.3 is 5.97 Å². The van der Waals surface area contributed by atoms with E-state index in [1.165, 1.54) is 13.2 Å². The van der Waals surface area contributed by atoms with Crippen molar-refractivity contribution in [2.45, 2.75) is 26.3 Å². The van der Waals surface area contributed by atoms with E-state index < -0.39 is 17.9 Å². The summed E-state index contributed by atoms with van der Waals surface area (Å²) < 4.78 is 5.02. The number of amides is 1. The first-order valence-corrected chi connectivity index (χ1v) is 7.90. The molecule has 25 heavy (non-hydrogen) atoms. The number of carboxylic acid groups (broad SMARTS) is 1. The molecule has 1 atom stereocenters. The molecule has 0 heterocycles. The van der Waals surface area contributed by atoms with Crippen molar-refractivity contribution in [2.24, 2.45) is 5.92 Å². The number of nitrogens with zero attached hydrogens (tertiary/aromatic N) is 1. The summed E-state index contributed by atoms with van der Waals surface area (Å²) in [4.78, 5) is 23.3. The Hall–Kier alpha value is -2.72. The predicted octanol–water partition coefficient (Wildman–Crippen LogP) is 2.78. The lowest BCUT2D eigenvalue weighted by molar-refractivity contribution is -0.139. The monoisotopic (exact) mass is 365 g/mol. The highest BCUT2D eigenvalue weighted by Crippen LogP contribution is 2.27. The molecule has 134 valence electrons. The first-order chi connectivity index (χ1) is 11.8. The smallest absolute Gasteiger partial charge is 0.326 e. The van der Waals surface area contributed by atoms with E-state index in [1.54, 1.807) is 18.2 Å². The van der Waals surface area contributed by atoms with Gasteiger partial charge in [-0.05, 0) is 30.5 Å². The van der Waals surface area contributed by atoms with E-state index in [4.69, 9.17) is 26.7 Å². The lowest BCUT2D eigenvalue weighted by Gasteiger charge is -2.15. The second-order valence-electron chi connectivity index (χ2n) is 5.66. The van der Waals surface area contributed by atoms with Crippen LogP contribution in [0.15, 0.2) is 30.0 Å². The van der Waals surface area contributed by atoms with E-state index in [9.17, 15) is 9.59 Å². The maximum Gasteiger partial charge on any atom is 0.326 e. The van der Waals surface area contributed by atoms with Crippen molar-refractivity contribution in [1.82, 2.24) is 5.32 Å². The number of hydrogen-bond donors (Lipinski definition) is 3. The summed E-state index contributed by atoms with van der Waals surface area (Å²) in [6.45, 7) is 3.76. The summed E-state index contributed by atoms with van der Waals surface area (Å²) in [5.41, 5.74) is 0.135. The molecule has 0 aliphatic carbocycles. The van der Waals surface area contributed by atoms with E-state index >= 15 is 0 Å². The van der Waals surface area contributed by atoms with Crippen LogP contribution in [0.3, 0.4) is 0 Å². The molecular formula is C17H20ClN3O4. The molecule has 8 heteroatoms. The molecule has 7 nitrogen and oxygen atoms in total. The second kappa shape index (κ2) is 9.55. The number of nitriles is 1. The van der Waals surface area contributed by atoms with Crippen LogP contribution in [-0.4, -0.2) is 30.1 Å². The van der Waals surface area contributed by atoms with Crippen molar-refractivity contribution in [3.63, 3.8) is 0 Å². The van der Waals surface area contributed by atoms with Gasteiger partial charge in [-0.15, -0.1) is 0 Å². The zero-order chi connectivity index (χ0) is 19.0. The highest BCUT2D eigenvalue weighted by molar-refractivity contribution is 6.32. The van der Waals surface area contributed by atoms with Crippen LogP contribution in [0.5, 0.6) is 5.75 Å². The van der Waals surface area contributed by atoms with E-state index in [2.05, 4.69) is 10.6 Å². The van der Waals surface area contributed by atoms with Crippen LogP contribution >= 0.6 is 11.6 Å². The SMILES string of the molecule is COc1ccc(NC(=O)/C(C#N)=C\NC(CC(C)C)C(=O)O)cc1Cl. The van der Waals surface area contributed by atoms with Gasteiger partial charge in [0.25, 0.3) is 5.91 Å². The normalized spacial score (nSPS) is 12.2. The van der Waals surface area contributed by atoms with E-state index in [0.29, 0.717) is 22.9 Å². The number of hydrogen-bond acceptors (Lipinski definition) is 5. The van der Waals surface area contributed by atoms with Crippen LogP contribution in [0, 0.1) is 17.2 Å². The number of carbonyl (C=O) groups excluding carboxylic acids is 1. The standard InChI is InChI=1S/C17H20ClN3O4/c1-10(2)6-14(17(23)24)20-9-11(8-19)16(22)21-12-4-5-15(25-3)13(18)7-12/h4-5,7,9-10,14,20H,6H2,1-3H3,(H,21,22)(H,23,24)/b11-9-. The third kappa shape index (κ3) is 6.36. The third-order valence-electron chi connectivity index (χ3n) is 3.21. The van der Waals surface area contributed by atoms with E-state index in [0.717, 1.165) is 6.20 Å². The largest absolute Gasteiger partial charge is 0.495 e. The van der Waals surface area contributed by atoms with Gasteiger partial charge in [0, 0.05) is 11.9 Å². The molecule has 1 unspecified atom stereocenters. The lowest BCUT2D eigenvalue weighted by Crippen LogP contribution is -2.35. The molecule has 0 saturated heterocycles. The van der Waals surface area contributed by atoms with Crippen LogP contribution < -0.4 is 15.4 Å². The number of anilines is 1. The fourth-order valence-corrected chi connectivity index (χ4v) is 2.24. The maximum absolute atomic E-state index is 12.2. The van der Waals surface area contributed by atoms with Gasteiger partial charge in [-0.25, -0.2) is 4.79 Å². The Labute approximate surface area is 151 Å². The molecular weight excluding hydrogens is 346 g/mol. The number of carbonyl (C=O) groups is 2. The number of halogens is 1. The molecule has 1 rings (SSSR count). The Bertz CT molecular complexity index is 710. The van der Waals surface area contributed by atoms with Crippen LogP contribution in [0.1, 0.15) is 20.3 Å². The molecule has 0 spiro atoms. The first kappa shape index (κ1) is 20.3. The fourth-order valence-electron chi connectivity index (χ4n) is 1.99. The molecule has 1 aromatic rings. The average Bonchev–Trinajstić information content (AvgIpc) is 2.54. The summed E-state index contributed by atoms with van der Waals surface area (Å²) in [5.74, 6) is -1.13. The molecule has 0 fully saturated rings. The van der Waals surface area contributed by atoms with Crippen molar-refractivity contribution in [3.8, 4) is 11.8 Å². The zero-order valence-electron chi connectivity index (χ0n) is 14.2. The number of nitrogens with one attached hydrogen (secondary N) is 2. The molecule has 0 radical (unpaired) electrons. The number of aliphatic carboxylic acids is 1. The Morgan fingerprint density at radius 2 is 2.12 bits per heavy atom. The third-order valence-corrected chi connectivity index (χ3v) is 3.50. The zero-order valence-corrected chi connectivity index (χ0v) is 14.9. The van der Waals surface area contributed by atoms with Crippen LogP contribution in [0.2, 0.25) is 5.02 Å². The number of ether oxygens (including phenoxy) is 1. The van der Waals surface area contributed by atoms with Crippen LogP contribution in [0.25, 0.3) is 0 Å². The highest BCUT2D eigenvalue weighted by Gasteiger charge is 2.18. The Morgan fingerprint density at radius 1 is 1.44 bits per heavy atom. The van der Waals surface area contributed by atoms with E-state index in [1.807, 2.05) is 13.8 Å². The fraction of sp³-hybridized carbons (Fsp3) is 0.353. The Morgan fingerprint density at radius 3 is 2.60 bits per heavy atom. The number of rotatable bonds is 8. The van der Waals surface area contributed by atoms with Crippen molar-refractivity contribution >= 4 is 29.2 Å². The Balaban J connectivity index is 2.84. The molecule has 0 aliphatic heterocycles. The van der Waals surface area contributed by atoms with Crippen molar-refractivity contribution < 1.29 is 19.4 Å². The second-order valence-corrected chi connectivity index (χ2v) is 6.07. The van der Waals surface area contributed by atoms with Crippen molar-refractivity contribution in [3.05, 3.63) is 35.0 Å². The van der Waals surface area contributed by atoms with Gasteiger partial charge in [0.2, 0.25) is 0 Å². The number of benzene rings is 1. The molecule has 0 saturated carbocycles. The van der Waals surface area contributed by atoms with Crippen LogP contribution in [-0.2, 0) is 9.59 Å². The number of methoxy groups -OCH3 is 1. The highest BCUT2D eigenvalue weighted by atomic mass is 35.5. The number of carboxylic acids is 1. The van der Waals surface area contributed by atoms with Crippen molar-refractivity contribution in [1.29, 1.82) is 5.26 Å². The molecule has 3 N–H and O–H groups in total. The van der Waals surface area contributed by atoms with Crippen LogP contribution in [0.4, 0.5) is 5.69 Å². The van der Waals surface area contributed by atoms with Gasteiger partial charge in [0.1, 0.15) is 23.4 Å². The minimum absolute atomic E-state index is 0.141. The first-order valence-electron chi connectivity index (χ1n) is 7.52. The van der Waals surface area contributed by atoms with Crippen molar-refractivity contribution in [2.75, 3.05) is 12.4 Å². The van der Waals surface area contributed by atoms with Gasteiger partial charge in [-0.2, -0.15) is 5.26 Å². The maximum atomic E-state index is 12.2. The summed E-state index contributed by atoms with van der Waals surface area (Å²) in [5, 5.41) is 23.7. The van der Waals surface area contributed by atoms with Gasteiger partial charge < -0.3 is 20.5 Å². The summed E-state index contributed by atoms with van der Waals surface area (Å²) >= 11 is 5.98. The topological polar surface area (TPSA) is 111 Å². The lowest BCUT2D eigenvalue weighted by atomic mass is 10.0. The minimum Gasteiger partial charge on any atom is -0.495 e.